The molecule has 2 aromatic heterocycles. The molecule has 1 atom stereocenters. The van der Waals surface area contributed by atoms with E-state index in [0.717, 1.165) is 11.1 Å². The fraction of sp³-hybridized carbons (Fsp3) is 0.154. The Hall–Kier alpha value is -4.71. The molecule has 12 heteroatoms. The number of nitro benzene ring substituents is 1. The van der Waals surface area contributed by atoms with Crippen LogP contribution < -0.4 is 15.4 Å². The van der Waals surface area contributed by atoms with Crippen LogP contribution in [-0.2, 0) is 10.5 Å². The molecule has 1 unspecified atom stereocenters. The predicted molar refractivity (Wildman–Crippen MR) is 143 cm³/mol. The first-order valence-electron chi connectivity index (χ1n) is 11.6. The van der Waals surface area contributed by atoms with Crippen LogP contribution in [0.2, 0.25) is 0 Å². The first-order valence-corrected chi connectivity index (χ1v) is 12.6. The number of hydrogen-bond acceptors (Lipinski definition) is 9. The number of ether oxygens (including phenoxy) is 1. The van der Waals surface area contributed by atoms with Crippen LogP contribution >= 0.6 is 11.8 Å². The number of aromatic nitrogens is 4. The van der Waals surface area contributed by atoms with E-state index in [1.807, 2.05) is 31.2 Å². The van der Waals surface area contributed by atoms with Crippen LogP contribution in [0.5, 0.6) is 5.75 Å². The molecule has 192 valence electrons. The molecule has 0 saturated carbocycles. The van der Waals surface area contributed by atoms with E-state index in [0.29, 0.717) is 39.6 Å². The molecule has 0 aliphatic carbocycles. The number of anilines is 2. The smallest absolute Gasteiger partial charge is 0.269 e. The first kappa shape index (κ1) is 25.0. The van der Waals surface area contributed by atoms with Gasteiger partial charge in [0.05, 0.1) is 23.3 Å². The molecular weight excluding hydrogens is 506 g/mol. The molecular formula is C26H23N7O4S. The standard InChI is InChI=1S/C26H23N7O4S/c1-16-22(24(34)29-20-7-3-4-8-21(20)37-2)23(18-6-5-13-27-14-18)32-25(28-16)30-26(31-32)38-15-17-9-11-19(12-10-17)33(35)36/h3-14,23H,15H2,1-2H3,(H,29,34)(H,28,30,31). The van der Waals surface area contributed by atoms with Gasteiger partial charge < -0.3 is 15.4 Å². The molecule has 0 spiro atoms. The molecule has 3 heterocycles. The quantitative estimate of drug-likeness (QED) is 0.187. The number of hydrogen-bond donors (Lipinski definition) is 2. The summed E-state index contributed by atoms with van der Waals surface area (Å²) < 4.78 is 7.07. The van der Waals surface area contributed by atoms with Gasteiger partial charge in [-0.25, -0.2) is 4.68 Å². The molecule has 5 rings (SSSR count). The molecule has 38 heavy (non-hydrogen) atoms. The third-order valence-corrected chi connectivity index (χ3v) is 6.86. The monoisotopic (exact) mass is 529 g/mol. The SMILES string of the molecule is COc1ccccc1NC(=O)C1=C(C)Nc2nc(SCc3ccc([N+](=O)[O-])cc3)nn2C1c1cccnc1. The molecule has 2 aromatic carbocycles. The van der Waals surface area contributed by atoms with Gasteiger partial charge in [0.15, 0.2) is 0 Å². The maximum Gasteiger partial charge on any atom is 0.269 e. The highest BCUT2D eigenvalue weighted by molar-refractivity contribution is 7.98. The molecule has 0 radical (unpaired) electrons. The van der Waals surface area contributed by atoms with Crippen molar-refractivity contribution in [1.82, 2.24) is 19.7 Å². The van der Waals surface area contributed by atoms with Gasteiger partial charge in [-0.15, -0.1) is 5.10 Å². The van der Waals surface area contributed by atoms with Gasteiger partial charge in [-0.3, -0.25) is 19.9 Å². The number of thioether (sulfide) groups is 1. The van der Waals surface area contributed by atoms with Gasteiger partial charge in [0.25, 0.3) is 11.6 Å². The Balaban J connectivity index is 1.44. The van der Waals surface area contributed by atoms with Gasteiger partial charge in [0, 0.05) is 36.0 Å². The van der Waals surface area contributed by atoms with Crippen molar-refractivity contribution in [3.05, 3.63) is 106 Å². The van der Waals surface area contributed by atoms with E-state index >= 15 is 0 Å². The normalized spacial score (nSPS) is 14.4. The lowest BCUT2D eigenvalue weighted by Gasteiger charge is -2.28. The van der Waals surface area contributed by atoms with E-state index in [-0.39, 0.29) is 11.6 Å². The maximum atomic E-state index is 13.6. The number of carbonyl (C=O) groups excluding carboxylic acids is 1. The Morgan fingerprint density at radius 3 is 2.68 bits per heavy atom. The fourth-order valence-electron chi connectivity index (χ4n) is 4.13. The van der Waals surface area contributed by atoms with Gasteiger partial charge in [0.1, 0.15) is 11.8 Å². The average Bonchev–Trinajstić information content (AvgIpc) is 3.34. The minimum Gasteiger partial charge on any atom is -0.495 e. The van der Waals surface area contributed by atoms with Crippen molar-refractivity contribution in [2.24, 2.45) is 0 Å². The van der Waals surface area contributed by atoms with Crippen molar-refractivity contribution in [1.29, 1.82) is 0 Å². The van der Waals surface area contributed by atoms with Crippen LogP contribution in [-0.4, -0.2) is 37.7 Å². The number of amides is 1. The third-order valence-electron chi connectivity index (χ3n) is 5.95. The van der Waals surface area contributed by atoms with Gasteiger partial charge >= 0.3 is 0 Å². The van der Waals surface area contributed by atoms with Crippen molar-refractivity contribution in [3.8, 4) is 5.75 Å². The van der Waals surface area contributed by atoms with E-state index < -0.39 is 11.0 Å². The predicted octanol–water partition coefficient (Wildman–Crippen LogP) is 4.81. The summed E-state index contributed by atoms with van der Waals surface area (Å²) in [5.41, 5.74) is 3.37. The largest absolute Gasteiger partial charge is 0.495 e. The lowest BCUT2D eigenvalue weighted by molar-refractivity contribution is -0.384. The summed E-state index contributed by atoms with van der Waals surface area (Å²) in [4.78, 5) is 33.0. The van der Waals surface area contributed by atoms with Crippen molar-refractivity contribution in [3.63, 3.8) is 0 Å². The highest BCUT2D eigenvalue weighted by Crippen LogP contribution is 2.37. The minimum absolute atomic E-state index is 0.0401. The molecule has 1 aliphatic rings. The lowest BCUT2D eigenvalue weighted by Crippen LogP contribution is -2.31. The first-order chi connectivity index (χ1) is 18.4. The second-order valence-electron chi connectivity index (χ2n) is 8.38. The van der Waals surface area contributed by atoms with E-state index in [1.54, 1.807) is 48.5 Å². The molecule has 11 nitrogen and oxygen atoms in total. The number of allylic oxidation sites excluding steroid dienone is 1. The van der Waals surface area contributed by atoms with Crippen molar-refractivity contribution < 1.29 is 14.5 Å². The van der Waals surface area contributed by atoms with Crippen molar-refractivity contribution in [2.45, 2.75) is 23.9 Å². The van der Waals surface area contributed by atoms with Crippen LogP contribution in [0.25, 0.3) is 0 Å². The summed E-state index contributed by atoms with van der Waals surface area (Å²) in [5, 5.41) is 22.3. The summed E-state index contributed by atoms with van der Waals surface area (Å²) >= 11 is 1.39. The number of methoxy groups -OCH3 is 1. The number of benzene rings is 2. The van der Waals surface area contributed by atoms with Crippen molar-refractivity contribution >= 4 is 35.0 Å². The second kappa shape index (κ2) is 10.7. The zero-order valence-electron chi connectivity index (χ0n) is 20.5. The van der Waals surface area contributed by atoms with Gasteiger partial charge in [-0.1, -0.05) is 42.1 Å². The van der Waals surface area contributed by atoms with Gasteiger partial charge in [0.2, 0.25) is 11.1 Å². The van der Waals surface area contributed by atoms with Crippen molar-refractivity contribution in [2.75, 3.05) is 17.7 Å². The number of para-hydroxylation sites is 2. The van der Waals surface area contributed by atoms with Crippen LogP contribution in [0.3, 0.4) is 0 Å². The number of pyridine rings is 1. The zero-order valence-corrected chi connectivity index (χ0v) is 21.3. The molecule has 2 N–H and O–H groups in total. The van der Waals surface area contributed by atoms with E-state index in [2.05, 4.69) is 20.6 Å². The van der Waals surface area contributed by atoms with Crippen LogP contribution in [0.4, 0.5) is 17.3 Å². The Morgan fingerprint density at radius 1 is 1.18 bits per heavy atom. The Morgan fingerprint density at radius 2 is 1.97 bits per heavy atom. The summed E-state index contributed by atoms with van der Waals surface area (Å²) in [6.45, 7) is 1.82. The van der Waals surface area contributed by atoms with Crippen LogP contribution in [0.1, 0.15) is 24.1 Å². The lowest BCUT2D eigenvalue weighted by atomic mass is 9.96. The topological polar surface area (TPSA) is 137 Å². The number of non-ortho nitro benzene ring substituents is 1. The minimum atomic E-state index is -0.573. The highest BCUT2D eigenvalue weighted by Gasteiger charge is 2.34. The number of rotatable bonds is 8. The molecule has 0 bridgehead atoms. The third kappa shape index (κ3) is 5.06. The summed E-state index contributed by atoms with van der Waals surface area (Å²) in [6, 6.07) is 16.7. The highest BCUT2D eigenvalue weighted by atomic mass is 32.2. The zero-order chi connectivity index (χ0) is 26.6. The van der Waals surface area contributed by atoms with E-state index in [1.165, 1.54) is 23.9 Å². The molecule has 0 fully saturated rings. The number of fused-ring (bicyclic) bond motifs is 1. The maximum absolute atomic E-state index is 13.6. The number of nitro groups is 1. The number of nitrogens with zero attached hydrogens (tertiary/aromatic N) is 5. The van der Waals surface area contributed by atoms with Gasteiger partial charge in [-0.2, -0.15) is 4.98 Å². The Labute approximate surface area is 222 Å². The van der Waals surface area contributed by atoms with E-state index in [9.17, 15) is 14.9 Å². The van der Waals surface area contributed by atoms with Gasteiger partial charge in [-0.05, 0) is 36.2 Å². The summed E-state index contributed by atoms with van der Waals surface area (Å²) in [5.74, 6) is 1.25. The molecule has 0 saturated heterocycles. The van der Waals surface area contributed by atoms with Crippen LogP contribution in [0, 0.1) is 10.1 Å². The number of carbonyl (C=O) groups is 1. The fourth-order valence-corrected chi connectivity index (χ4v) is 4.92. The average molecular weight is 530 g/mol. The summed E-state index contributed by atoms with van der Waals surface area (Å²) in [6.07, 6.45) is 3.37. The molecule has 1 amide bonds. The van der Waals surface area contributed by atoms with Crippen LogP contribution in [0.15, 0.2) is 89.5 Å². The Bertz CT molecular complexity index is 1520. The summed E-state index contributed by atoms with van der Waals surface area (Å²) in [7, 11) is 1.55. The molecule has 1 aliphatic heterocycles. The number of nitrogens with one attached hydrogen (secondary N) is 2. The molecule has 4 aromatic rings. The second-order valence-corrected chi connectivity index (χ2v) is 9.32. The Kier molecular flexibility index (Phi) is 7.05. The van der Waals surface area contributed by atoms with E-state index in [4.69, 9.17) is 9.84 Å².